The Hall–Kier alpha value is -3.32. The molecule has 0 bridgehead atoms. The number of sulfonamides is 1. The average molecular weight is 450 g/mol. The smallest absolute Gasteiger partial charge is 0.261 e. The first kappa shape index (κ1) is 21.9. The van der Waals surface area contributed by atoms with Crippen LogP contribution in [-0.2, 0) is 10.0 Å². The molecule has 1 amide bonds. The number of nitrogens with zero attached hydrogens (tertiary/aromatic N) is 1. The van der Waals surface area contributed by atoms with Gasteiger partial charge in [0.25, 0.3) is 15.9 Å². The maximum atomic E-state index is 12.8. The Labute approximate surface area is 189 Å². The van der Waals surface area contributed by atoms with Gasteiger partial charge in [-0.3, -0.25) is 9.52 Å². The molecule has 6 nitrogen and oxygen atoms in total. The number of hydrogen-bond donors (Lipinski definition) is 2. The topological polar surface area (TPSA) is 78.5 Å². The summed E-state index contributed by atoms with van der Waals surface area (Å²) >= 11 is 0. The molecular weight excluding hydrogens is 422 g/mol. The minimum absolute atomic E-state index is 0.0317. The Morgan fingerprint density at radius 3 is 2.31 bits per heavy atom. The van der Waals surface area contributed by atoms with Gasteiger partial charge in [-0.15, -0.1) is 0 Å². The molecule has 3 aromatic rings. The van der Waals surface area contributed by atoms with Crippen LogP contribution in [0.3, 0.4) is 0 Å². The van der Waals surface area contributed by atoms with Gasteiger partial charge >= 0.3 is 0 Å². The Morgan fingerprint density at radius 2 is 1.66 bits per heavy atom. The molecule has 166 valence electrons. The maximum Gasteiger partial charge on any atom is 0.261 e. The standard InChI is InChI=1S/C25H27N3O3S/c1-18-6-8-22(9-7-18)27-32(30,31)24-5-3-4-20(16-24)25(29)26-21-10-12-23(13-11-21)28-15-14-19(2)17-28/h3-13,16,19,27H,14-15,17H2,1-2H3,(H,26,29). The Balaban J connectivity index is 1.45. The van der Waals surface area contributed by atoms with Crippen molar-refractivity contribution in [3.05, 3.63) is 83.9 Å². The fourth-order valence-electron chi connectivity index (χ4n) is 3.77. The van der Waals surface area contributed by atoms with Crippen molar-refractivity contribution < 1.29 is 13.2 Å². The third-order valence-corrected chi connectivity index (χ3v) is 7.00. The number of anilines is 3. The molecular formula is C25H27N3O3S. The van der Waals surface area contributed by atoms with Crippen LogP contribution in [0.15, 0.2) is 77.7 Å². The van der Waals surface area contributed by atoms with Gasteiger partial charge in [0.1, 0.15) is 0 Å². The first-order valence-electron chi connectivity index (χ1n) is 10.7. The van der Waals surface area contributed by atoms with Crippen molar-refractivity contribution in [2.75, 3.05) is 28.0 Å². The van der Waals surface area contributed by atoms with Crippen LogP contribution in [0.25, 0.3) is 0 Å². The van der Waals surface area contributed by atoms with Crippen molar-refractivity contribution in [2.24, 2.45) is 5.92 Å². The van der Waals surface area contributed by atoms with Crippen LogP contribution in [0.2, 0.25) is 0 Å². The van der Waals surface area contributed by atoms with E-state index in [1.165, 1.54) is 18.6 Å². The molecule has 7 heteroatoms. The summed E-state index contributed by atoms with van der Waals surface area (Å²) in [4.78, 5) is 15.1. The molecule has 2 N–H and O–H groups in total. The third-order valence-electron chi connectivity index (χ3n) is 5.62. The van der Waals surface area contributed by atoms with Crippen LogP contribution in [0, 0.1) is 12.8 Å². The summed E-state index contributed by atoms with van der Waals surface area (Å²) in [5, 5.41) is 2.85. The molecule has 0 aliphatic carbocycles. The summed E-state index contributed by atoms with van der Waals surface area (Å²) in [5.41, 5.74) is 3.58. The maximum absolute atomic E-state index is 12.8. The van der Waals surface area contributed by atoms with Gasteiger partial charge in [0.15, 0.2) is 0 Å². The first-order valence-corrected chi connectivity index (χ1v) is 12.1. The van der Waals surface area contributed by atoms with Crippen LogP contribution in [0.4, 0.5) is 17.1 Å². The minimum atomic E-state index is -3.81. The van der Waals surface area contributed by atoms with Crippen molar-refractivity contribution in [1.29, 1.82) is 0 Å². The molecule has 0 saturated carbocycles. The van der Waals surface area contributed by atoms with E-state index in [-0.39, 0.29) is 16.4 Å². The van der Waals surface area contributed by atoms with Crippen molar-refractivity contribution in [3.63, 3.8) is 0 Å². The summed E-state index contributed by atoms with van der Waals surface area (Å²) in [7, 11) is -3.81. The van der Waals surface area contributed by atoms with Gasteiger partial charge in [0, 0.05) is 35.7 Å². The summed E-state index contributed by atoms with van der Waals surface area (Å²) in [6, 6.07) is 20.8. The summed E-state index contributed by atoms with van der Waals surface area (Å²) in [5.74, 6) is 0.332. The summed E-state index contributed by atoms with van der Waals surface area (Å²) in [6.07, 6.45) is 1.19. The van der Waals surface area contributed by atoms with E-state index in [9.17, 15) is 13.2 Å². The zero-order valence-corrected chi connectivity index (χ0v) is 19.0. The van der Waals surface area contributed by atoms with Crippen molar-refractivity contribution in [3.8, 4) is 0 Å². The van der Waals surface area contributed by atoms with Crippen LogP contribution >= 0.6 is 0 Å². The number of carbonyl (C=O) groups excluding carboxylic acids is 1. The van der Waals surface area contributed by atoms with E-state index in [0.29, 0.717) is 17.3 Å². The number of carbonyl (C=O) groups is 1. The highest BCUT2D eigenvalue weighted by atomic mass is 32.2. The van der Waals surface area contributed by atoms with Crippen molar-refractivity contribution in [1.82, 2.24) is 0 Å². The molecule has 3 aromatic carbocycles. The lowest BCUT2D eigenvalue weighted by molar-refractivity contribution is 0.102. The zero-order valence-electron chi connectivity index (χ0n) is 18.2. The average Bonchev–Trinajstić information content (AvgIpc) is 3.22. The number of nitrogens with one attached hydrogen (secondary N) is 2. The number of amides is 1. The van der Waals surface area contributed by atoms with Gasteiger partial charge in [0.05, 0.1) is 4.90 Å². The van der Waals surface area contributed by atoms with E-state index < -0.39 is 10.0 Å². The van der Waals surface area contributed by atoms with Gasteiger partial charge in [0.2, 0.25) is 0 Å². The lowest BCUT2D eigenvalue weighted by atomic mass is 10.2. The number of hydrogen-bond acceptors (Lipinski definition) is 4. The van der Waals surface area contributed by atoms with Gasteiger partial charge < -0.3 is 10.2 Å². The predicted molar refractivity (Wildman–Crippen MR) is 129 cm³/mol. The van der Waals surface area contributed by atoms with E-state index in [1.54, 1.807) is 24.3 Å². The van der Waals surface area contributed by atoms with Crippen LogP contribution in [0.5, 0.6) is 0 Å². The highest BCUT2D eigenvalue weighted by molar-refractivity contribution is 7.92. The molecule has 1 unspecified atom stereocenters. The largest absolute Gasteiger partial charge is 0.371 e. The Morgan fingerprint density at radius 1 is 0.969 bits per heavy atom. The van der Waals surface area contributed by atoms with Crippen LogP contribution in [-0.4, -0.2) is 27.4 Å². The second-order valence-corrected chi connectivity index (χ2v) is 10.0. The van der Waals surface area contributed by atoms with E-state index in [1.807, 2.05) is 43.3 Å². The van der Waals surface area contributed by atoms with E-state index in [4.69, 9.17) is 0 Å². The number of aryl methyl sites for hydroxylation is 1. The number of benzene rings is 3. The lowest BCUT2D eigenvalue weighted by Crippen LogP contribution is -2.19. The highest BCUT2D eigenvalue weighted by Gasteiger charge is 2.19. The molecule has 1 saturated heterocycles. The molecule has 1 fully saturated rings. The lowest BCUT2D eigenvalue weighted by Gasteiger charge is -2.18. The van der Waals surface area contributed by atoms with Crippen molar-refractivity contribution in [2.45, 2.75) is 25.2 Å². The molecule has 0 aromatic heterocycles. The Bertz CT molecular complexity index is 1210. The molecule has 1 atom stereocenters. The predicted octanol–water partition coefficient (Wildman–Crippen LogP) is 4.89. The molecule has 1 heterocycles. The minimum Gasteiger partial charge on any atom is -0.371 e. The van der Waals surface area contributed by atoms with Gasteiger partial charge in [-0.1, -0.05) is 30.7 Å². The SMILES string of the molecule is Cc1ccc(NS(=O)(=O)c2cccc(C(=O)Nc3ccc(N4CCC(C)C4)cc3)c2)cc1. The fraction of sp³-hybridized carbons (Fsp3) is 0.240. The third kappa shape index (κ3) is 5.11. The molecule has 0 spiro atoms. The first-order chi connectivity index (χ1) is 15.3. The van der Waals surface area contributed by atoms with Gasteiger partial charge in [-0.2, -0.15) is 0 Å². The van der Waals surface area contributed by atoms with Crippen LogP contribution < -0.4 is 14.9 Å². The summed E-state index contributed by atoms with van der Waals surface area (Å²) < 4.78 is 28.1. The highest BCUT2D eigenvalue weighted by Crippen LogP contribution is 2.25. The van der Waals surface area contributed by atoms with Crippen molar-refractivity contribution >= 4 is 33.0 Å². The zero-order chi connectivity index (χ0) is 22.7. The fourth-order valence-corrected chi connectivity index (χ4v) is 4.87. The molecule has 1 aliphatic rings. The quantitative estimate of drug-likeness (QED) is 0.561. The summed E-state index contributed by atoms with van der Waals surface area (Å²) in [6.45, 7) is 6.27. The van der Waals surface area contributed by atoms with Gasteiger partial charge in [-0.25, -0.2) is 8.42 Å². The molecule has 32 heavy (non-hydrogen) atoms. The molecule has 1 aliphatic heterocycles. The van der Waals surface area contributed by atoms with E-state index >= 15 is 0 Å². The van der Waals surface area contributed by atoms with Crippen LogP contribution in [0.1, 0.15) is 29.3 Å². The Kier molecular flexibility index (Phi) is 6.19. The molecule has 0 radical (unpaired) electrons. The second kappa shape index (κ2) is 9.04. The number of rotatable bonds is 6. The second-order valence-electron chi connectivity index (χ2n) is 8.34. The monoisotopic (exact) mass is 449 g/mol. The van der Waals surface area contributed by atoms with Gasteiger partial charge in [-0.05, 0) is 73.9 Å². The normalized spacial score (nSPS) is 16.1. The molecule has 4 rings (SSSR count). The van der Waals surface area contributed by atoms with E-state index in [2.05, 4.69) is 21.9 Å². The van der Waals surface area contributed by atoms with E-state index in [0.717, 1.165) is 24.3 Å².